The van der Waals surface area contributed by atoms with Crippen molar-refractivity contribution in [2.75, 3.05) is 0 Å². The van der Waals surface area contributed by atoms with E-state index in [1.807, 2.05) is 6.07 Å². The van der Waals surface area contributed by atoms with Crippen LogP contribution in [0.3, 0.4) is 0 Å². The van der Waals surface area contributed by atoms with Gasteiger partial charge in [-0.25, -0.2) is 4.39 Å². The highest BCUT2D eigenvalue weighted by Crippen LogP contribution is 2.31. The van der Waals surface area contributed by atoms with Crippen molar-refractivity contribution in [2.24, 2.45) is 0 Å². The Bertz CT molecular complexity index is 593. The summed E-state index contributed by atoms with van der Waals surface area (Å²) in [4.78, 5) is 0. The third-order valence-corrected chi connectivity index (χ3v) is 4.05. The van der Waals surface area contributed by atoms with Crippen molar-refractivity contribution in [2.45, 2.75) is 38.3 Å². The molecule has 2 heteroatoms. The predicted molar refractivity (Wildman–Crippen MR) is 80.2 cm³/mol. The van der Waals surface area contributed by atoms with E-state index in [2.05, 4.69) is 36.5 Å². The van der Waals surface area contributed by atoms with Gasteiger partial charge in [0.1, 0.15) is 5.82 Å². The van der Waals surface area contributed by atoms with E-state index in [0.717, 1.165) is 24.8 Å². The summed E-state index contributed by atoms with van der Waals surface area (Å²) < 4.78 is 13.2. The first-order valence-electron chi connectivity index (χ1n) is 7.30. The van der Waals surface area contributed by atoms with Crippen LogP contribution in [-0.2, 0) is 12.8 Å². The Morgan fingerprint density at radius 2 is 2.05 bits per heavy atom. The lowest BCUT2D eigenvalue weighted by Gasteiger charge is -2.20. The number of aryl methyl sites for hydroxylation is 1. The van der Waals surface area contributed by atoms with E-state index in [1.54, 1.807) is 12.1 Å². The molecule has 0 aromatic heterocycles. The van der Waals surface area contributed by atoms with Crippen LogP contribution in [0.1, 0.15) is 36.1 Å². The van der Waals surface area contributed by atoms with Gasteiger partial charge in [0, 0.05) is 12.1 Å². The second kappa shape index (κ2) is 5.76. The van der Waals surface area contributed by atoms with Crippen molar-refractivity contribution in [3.8, 4) is 0 Å². The van der Waals surface area contributed by atoms with Crippen molar-refractivity contribution < 1.29 is 4.39 Å². The summed E-state index contributed by atoms with van der Waals surface area (Å²) in [6.45, 7) is 2.17. The highest BCUT2D eigenvalue weighted by atomic mass is 19.1. The quantitative estimate of drug-likeness (QED) is 0.883. The molecule has 2 atom stereocenters. The number of rotatable bonds is 4. The second-order valence-electron chi connectivity index (χ2n) is 5.69. The Hall–Kier alpha value is -1.67. The molecular weight excluding hydrogens is 249 g/mol. The molecule has 0 fully saturated rings. The van der Waals surface area contributed by atoms with Gasteiger partial charge in [-0.15, -0.1) is 0 Å². The monoisotopic (exact) mass is 269 g/mol. The van der Waals surface area contributed by atoms with Crippen LogP contribution in [0, 0.1) is 5.82 Å². The van der Waals surface area contributed by atoms with E-state index >= 15 is 0 Å². The van der Waals surface area contributed by atoms with Crippen molar-refractivity contribution in [3.63, 3.8) is 0 Å². The molecule has 0 spiro atoms. The maximum Gasteiger partial charge on any atom is 0.123 e. The third kappa shape index (κ3) is 2.91. The molecule has 1 N–H and O–H groups in total. The fourth-order valence-electron chi connectivity index (χ4n) is 3.15. The lowest BCUT2D eigenvalue weighted by atomic mass is 10.0. The fraction of sp³-hybridized carbons (Fsp3) is 0.333. The highest BCUT2D eigenvalue weighted by Gasteiger charge is 2.22. The van der Waals surface area contributed by atoms with Crippen LogP contribution < -0.4 is 5.32 Å². The minimum atomic E-state index is -0.152. The molecule has 0 saturated heterocycles. The molecule has 0 amide bonds. The first kappa shape index (κ1) is 13.3. The minimum Gasteiger partial charge on any atom is -0.307 e. The largest absolute Gasteiger partial charge is 0.307 e. The van der Waals surface area contributed by atoms with Crippen molar-refractivity contribution >= 4 is 0 Å². The number of hydrogen-bond donors (Lipinski definition) is 1. The topological polar surface area (TPSA) is 12.0 Å². The van der Waals surface area contributed by atoms with E-state index in [0.29, 0.717) is 12.1 Å². The number of benzene rings is 2. The Balaban J connectivity index is 1.64. The zero-order valence-corrected chi connectivity index (χ0v) is 11.8. The first-order valence-corrected chi connectivity index (χ1v) is 7.30. The SMILES string of the molecule is CC(Cc1cccc(F)c1)NC1CCc2ccccc21. The van der Waals surface area contributed by atoms with E-state index in [4.69, 9.17) is 0 Å². The van der Waals surface area contributed by atoms with Crippen LogP contribution in [-0.4, -0.2) is 6.04 Å². The molecule has 0 radical (unpaired) electrons. The standard InChI is InChI=1S/C18H20FN/c1-13(11-14-5-4-7-16(19)12-14)20-18-10-9-15-6-2-3-8-17(15)18/h2-8,12-13,18,20H,9-11H2,1H3. The summed E-state index contributed by atoms with van der Waals surface area (Å²) in [6, 6.07) is 16.3. The third-order valence-electron chi connectivity index (χ3n) is 4.05. The molecule has 0 aliphatic heterocycles. The van der Waals surface area contributed by atoms with Crippen LogP contribution in [0.4, 0.5) is 4.39 Å². The molecule has 0 bridgehead atoms. The van der Waals surface area contributed by atoms with Gasteiger partial charge in [-0.05, 0) is 55.0 Å². The lowest BCUT2D eigenvalue weighted by molar-refractivity contribution is 0.450. The molecule has 1 aliphatic carbocycles. The average molecular weight is 269 g/mol. The van der Waals surface area contributed by atoms with E-state index in [-0.39, 0.29) is 5.82 Å². The number of hydrogen-bond acceptors (Lipinski definition) is 1. The normalized spacial score (nSPS) is 18.8. The van der Waals surface area contributed by atoms with Gasteiger partial charge in [-0.1, -0.05) is 36.4 Å². The summed E-state index contributed by atoms with van der Waals surface area (Å²) in [7, 11) is 0. The minimum absolute atomic E-state index is 0.152. The van der Waals surface area contributed by atoms with Gasteiger partial charge in [0.05, 0.1) is 0 Å². The van der Waals surface area contributed by atoms with Crippen LogP contribution in [0.2, 0.25) is 0 Å². The van der Waals surface area contributed by atoms with Gasteiger partial charge >= 0.3 is 0 Å². The molecule has 0 saturated carbocycles. The molecule has 0 heterocycles. The van der Waals surface area contributed by atoms with E-state index in [1.165, 1.54) is 17.2 Å². The first-order chi connectivity index (χ1) is 9.72. The Morgan fingerprint density at radius 1 is 1.20 bits per heavy atom. The van der Waals surface area contributed by atoms with Crippen LogP contribution in [0.15, 0.2) is 48.5 Å². The van der Waals surface area contributed by atoms with E-state index in [9.17, 15) is 4.39 Å². The molecule has 2 unspecified atom stereocenters. The summed E-state index contributed by atoms with van der Waals surface area (Å²) in [6.07, 6.45) is 3.17. The summed E-state index contributed by atoms with van der Waals surface area (Å²) in [5, 5.41) is 3.68. The molecule has 104 valence electrons. The van der Waals surface area contributed by atoms with Gasteiger partial charge in [0.25, 0.3) is 0 Å². The van der Waals surface area contributed by atoms with Crippen LogP contribution in [0.5, 0.6) is 0 Å². The summed E-state index contributed by atoms with van der Waals surface area (Å²) in [5.41, 5.74) is 3.94. The predicted octanol–water partition coefficient (Wildman–Crippen LogP) is 4.03. The van der Waals surface area contributed by atoms with Crippen molar-refractivity contribution in [1.82, 2.24) is 5.32 Å². The molecule has 2 aromatic rings. The van der Waals surface area contributed by atoms with Gasteiger partial charge < -0.3 is 5.32 Å². The highest BCUT2D eigenvalue weighted by molar-refractivity contribution is 5.34. The molecule has 2 aromatic carbocycles. The van der Waals surface area contributed by atoms with Crippen LogP contribution >= 0.6 is 0 Å². The summed E-state index contributed by atoms with van der Waals surface area (Å²) in [5.74, 6) is -0.152. The molecule has 1 aliphatic rings. The zero-order valence-electron chi connectivity index (χ0n) is 11.8. The number of nitrogens with one attached hydrogen (secondary N) is 1. The molecule has 3 rings (SSSR count). The van der Waals surface area contributed by atoms with Gasteiger partial charge in [0.15, 0.2) is 0 Å². The molecule has 20 heavy (non-hydrogen) atoms. The maximum atomic E-state index is 13.2. The Labute approximate surface area is 119 Å². The van der Waals surface area contributed by atoms with Crippen molar-refractivity contribution in [3.05, 3.63) is 71.0 Å². The lowest BCUT2D eigenvalue weighted by Crippen LogP contribution is -2.31. The molecule has 1 nitrogen and oxygen atoms in total. The van der Waals surface area contributed by atoms with Gasteiger partial charge in [-0.3, -0.25) is 0 Å². The molecular formula is C18H20FN. The van der Waals surface area contributed by atoms with Gasteiger partial charge in [-0.2, -0.15) is 0 Å². The fourth-order valence-corrected chi connectivity index (χ4v) is 3.15. The summed E-state index contributed by atoms with van der Waals surface area (Å²) >= 11 is 0. The number of fused-ring (bicyclic) bond motifs is 1. The maximum absolute atomic E-state index is 13.2. The zero-order chi connectivity index (χ0) is 13.9. The van der Waals surface area contributed by atoms with E-state index < -0.39 is 0 Å². The van der Waals surface area contributed by atoms with Crippen LogP contribution in [0.25, 0.3) is 0 Å². The number of halogens is 1. The van der Waals surface area contributed by atoms with Gasteiger partial charge in [0.2, 0.25) is 0 Å². The second-order valence-corrected chi connectivity index (χ2v) is 5.69. The van der Waals surface area contributed by atoms with Crippen molar-refractivity contribution in [1.29, 1.82) is 0 Å². The Morgan fingerprint density at radius 3 is 2.90 bits per heavy atom. The Kier molecular flexibility index (Phi) is 3.83. The smallest absolute Gasteiger partial charge is 0.123 e. The average Bonchev–Trinajstić information content (AvgIpc) is 2.82.